The van der Waals surface area contributed by atoms with Gasteiger partial charge in [-0.25, -0.2) is 0 Å². The number of aryl methyl sites for hydroxylation is 2. The number of rotatable bonds is 4. The molecule has 2 nitrogen and oxygen atoms in total. The molecular formula is C17H28N2. The van der Waals surface area contributed by atoms with Gasteiger partial charge in [-0.05, 0) is 45.6 Å². The molecule has 0 saturated carbocycles. The average molecular weight is 260 g/mol. The number of hydrogen-bond donors (Lipinski definition) is 1. The highest BCUT2D eigenvalue weighted by Crippen LogP contribution is 2.35. The van der Waals surface area contributed by atoms with Crippen molar-refractivity contribution in [2.45, 2.75) is 65.1 Å². The van der Waals surface area contributed by atoms with Gasteiger partial charge in [-0.1, -0.05) is 36.2 Å². The van der Waals surface area contributed by atoms with E-state index in [0.29, 0.717) is 24.7 Å². The average Bonchev–Trinajstić information content (AvgIpc) is 2.71. The number of hydrogen-bond acceptors (Lipinski definition) is 2. The molecule has 1 fully saturated rings. The Morgan fingerprint density at radius 1 is 1.21 bits per heavy atom. The molecule has 0 radical (unpaired) electrons. The zero-order valence-electron chi connectivity index (χ0n) is 12.8. The molecule has 1 saturated heterocycles. The van der Waals surface area contributed by atoms with E-state index in [9.17, 15) is 0 Å². The van der Waals surface area contributed by atoms with E-state index in [0.717, 1.165) is 0 Å². The minimum absolute atomic E-state index is 0.376. The van der Waals surface area contributed by atoms with Crippen LogP contribution in [0, 0.1) is 13.8 Å². The number of nitrogens with two attached hydrogens (primary N) is 1. The van der Waals surface area contributed by atoms with Gasteiger partial charge in [-0.2, -0.15) is 0 Å². The third-order valence-corrected chi connectivity index (χ3v) is 4.53. The Morgan fingerprint density at radius 2 is 1.84 bits per heavy atom. The smallest absolute Gasteiger partial charge is 0.0476 e. The summed E-state index contributed by atoms with van der Waals surface area (Å²) >= 11 is 0. The fourth-order valence-corrected chi connectivity index (χ4v) is 3.70. The topological polar surface area (TPSA) is 29.3 Å². The third kappa shape index (κ3) is 3.01. The lowest BCUT2D eigenvalue weighted by Gasteiger charge is -2.36. The summed E-state index contributed by atoms with van der Waals surface area (Å²) in [5.74, 6) is 0. The van der Waals surface area contributed by atoms with Gasteiger partial charge in [0.25, 0.3) is 0 Å². The molecule has 3 unspecified atom stereocenters. The van der Waals surface area contributed by atoms with Crippen LogP contribution < -0.4 is 5.73 Å². The van der Waals surface area contributed by atoms with Crippen LogP contribution in [-0.2, 0) is 0 Å². The Morgan fingerprint density at radius 3 is 2.37 bits per heavy atom. The Hall–Kier alpha value is -0.860. The Kier molecular flexibility index (Phi) is 4.64. The fraction of sp³-hybridized carbons (Fsp3) is 0.647. The molecule has 2 N–H and O–H groups in total. The van der Waals surface area contributed by atoms with Gasteiger partial charge in [0, 0.05) is 24.7 Å². The summed E-state index contributed by atoms with van der Waals surface area (Å²) in [6.45, 7) is 9.71. The lowest BCUT2D eigenvalue weighted by Crippen LogP contribution is -2.41. The van der Waals surface area contributed by atoms with E-state index in [4.69, 9.17) is 5.73 Å². The summed E-state index contributed by atoms with van der Waals surface area (Å²) in [6.07, 6.45) is 3.85. The molecule has 106 valence electrons. The predicted octanol–water partition coefficient (Wildman–Crippen LogP) is 3.57. The van der Waals surface area contributed by atoms with Crippen molar-refractivity contribution in [3.05, 3.63) is 34.9 Å². The van der Waals surface area contributed by atoms with Gasteiger partial charge in [-0.15, -0.1) is 0 Å². The van der Waals surface area contributed by atoms with Crippen LogP contribution in [-0.4, -0.2) is 23.5 Å². The first-order valence-corrected chi connectivity index (χ1v) is 7.62. The standard InChI is InChI=1S/C17H28N2/c1-5-16-7-6-14(4)19(16)17(11-18)15-9-12(2)8-13(3)10-15/h8-10,14,16-17H,5-7,11,18H2,1-4H3. The normalized spacial score (nSPS) is 25.7. The molecule has 1 aliphatic rings. The molecule has 0 aliphatic carbocycles. The first-order chi connectivity index (χ1) is 9.06. The van der Waals surface area contributed by atoms with Gasteiger partial charge >= 0.3 is 0 Å². The molecule has 19 heavy (non-hydrogen) atoms. The summed E-state index contributed by atoms with van der Waals surface area (Å²) in [5, 5.41) is 0. The lowest BCUT2D eigenvalue weighted by atomic mass is 9.98. The molecule has 2 heteroatoms. The summed E-state index contributed by atoms with van der Waals surface area (Å²) < 4.78 is 0. The van der Waals surface area contributed by atoms with Crippen molar-refractivity contribution in [1.82, 2.24) is 4.90 Å². The van der Waals surface area contributed by atoms with Crippen molar-refractivity contribution in [3.63, 3.8) is 0 Å². The van der Waals surface area contributed by atoms with E-state index >= 15 is 0 Å². The molecule has 0 bridgehead atoms. The second-order valence-electron chi connectivity index (χ2n) is 6.11. The minimum atomic E-state index is 0.376. The zero-order chi connectivity index (χ0) is 14.0. The molecule has 0 amide bonds. The summed E-state index contributed by atoms with van der Waals surface area (Å²) in [7, 11) is 0. The van der Waals surface area contributed by atoms with E-state index in [2.05, 4.69) is 50.8 Å². The maximum Gasteiger partial charge on any atom is 0.0476 e. The maximum absolute atomic E-state index is 6.12. The SMILES string of the molecule is CCC1CCC(C)N1C(CN)c1cc(C)cc(C)c1. The van der Waals surface area contributed by atoms with Gasteiger partial charge in [-0.3, -0.25) is 4.90 Å². The van der Waals surface area contributed by atoms with Crippen LogP contribution in [0.5, 0.6) is 0 Å². The number of benzene rings is 1. The van der Waals surface area contributed by atoms with Gasteiger partial charge < -0.3 is 5.73 Å². The Bertz CT molecular complexity index is 407. The molecule has 0 spiro atoms. The van der Waals surface area contributed by atoms with Crippen LogP contribution in [0.4, 0.5) is 0 Å². The van der Waals surface area contributed by atoms with Gasteiger partial charge in [0.2, 0.25) is 0 Å². The monoisotopic (exact) mass is 260 g/mol. The van der Waals surface area contributed by atoms with Crippen LogP contribution in [0.3, 0.4) is 0 Å². The van der Waals surface area contributed by atoms with Crippen molar-refractivity contribution in [3.8, 4) is 0 Å². The zero-order valence-corrected chi connectivity index (χ0v) is 12.8. The van der Waals surface area contributed by atoms with E-state index in [1.54, 1.807) is 0 Å². The van der Waals surface area contributed by atoms with Crippen molar-refractivity contribution < 1.29 is 0 Å². The first-order valence-electron chi connectivity index (χ1n) is 7.62. The van der Waals surface area contributed by atoms with Crippen molar-refractivity contribution in [2.24, 2.45) is 5.73 Å². The Labute approximate surface area is 118 Å². The molecule has 1 aliphatic heterocycles. The second-order valence-corrected chi connectivity index (χ2v) is 6.11. The summed E-state index contributed by atoms with van der Waals surface area (Å²) in [4.78, 5) is 2.66. The minimum Gasteiger partial charge on any atom is -0.329 e. The fourth-order valence-electron chi connectivity index (χ4n) is 3.70. The van der Waals surface area contributed by atoms with Crippen LogP contribution in [0.25, 0.3) is 0 Å². The highest BCUT2D eigenvalue weighted by Gasteiger charge is 2.34. The van der Waals surface area contributed by atoms with Crippen LogP contribution in [0.1, 0.15) is 55.8 Å². The quantitative estimate of drug-likeness (QED) is 0.897. The summed E-state index contributed by atoms with van der Waals surface area (Å²) in [6, 6.07) is 8.58. The van der Waals surface area contributed by atoms with Crippen molar-refractivity contribution >= 4 is 0 Å². The van der Waals surface area contributed by atoms with Gasteiger partial charge in [0.15, 0.2) is 0 Å². The van der Waals surface area contributed by atoms with Crippen molar-refractivity contribution in [1.29, 1.82) is 0 Å². The molecule has 0 aromatic heterocycles. The number of likely N-dealkylation sites (tertiary alicyclic amines) is 1. The first kappa shape index (κ1) is 14.5. The largest absolute Gasteiger partial charge is 0.329 e. The molecule has 2 rings (SSSR count). The van der Waals surface area contributed by atoms with Crippen molar-refractivity contribution in [2.75, 3.05) is 6.54 Å². The van der Waals surface area contributed by atoms with Crippen LogP contribution >= 0.6 is 0 Å². The second kappa shape index (κ2) is 6.06. The molecular weight excluding hydrogens is 232 g/mol. The van der Waals surface area contributed by atoms with E-state index in [-0.39, 0.29) is 0 Å². The van der Waals surface area contributed by atoms with E-state index in [1.165, 1.54) is 36.0 Å². The molecule has 1 heterocycles. The lowest BCUT2D eigenvalue weighted by molar-refractivity contribution is 0.137. The molecule has 1 aromatic carbocycles. The van der Waals surface area contributed by atoms with Crippen LogP contribution in [0.15, 0.2) is 18.2 Å². The third-order valence-electron chi connectivity index (χ3n) is 4.53. The van der Waals surface area contributed by atoms with Gasteiger partial charge in [0.1, 0.15) is 0 Å². The highest BCUT2D eigenvalue weighted by atomic mass is 15.2. The highest BCUT2D eigenvalue weighted by molar-refractivity contribution is 5.31. The van der Waals surface area contributed by atoms with E-state index < -0.39 is 0 Å². The maximum atomic E-state index is 6.12. The Balaban J connectivity index is 2.32. The summed E-state index contributed by atoms with van der Waals surface area (Å²) in [5.41, 5.74) is 10.2. The predicted molar refractivity (Wildman–Crippen MR) is 82.3 cm³/mol. The van der Waals surface area contributed by atoms with Crippen LogP contribution in [0.2, 0.25) is 0 Å². The van der Waals surface area contributed by atoms with Gasteiger partial charge in [0.05, 0.1) is 0 Å². The van der Waals surface area contributed by atoms with E-state index in [1.807, 2.05) is 0 Å². The molecule has 1 aromatic rings. The number of nitrogens with zero attached hydrogens (tertiary/aromatic N) is 1. The molecule has 3 atom stereocenters.